The first-order valence-corrected chi connectivity index (χ1v) is 6.10. The molecule has 18 heavy (non-hydrogen) atoms. The maximum atomic E-state index is 12.7. The number of benzene rings is 1. The van der Waals surface area contributed by atoms with E-state index < -0.39 is 11.8 Å². The van der Waals surface area contributed by atoms with E-state index in [1.165, 1.54) is 35.6 Å². The number of thiophene rings is 1. The number of rotatable bonds is 3. The molecule has 0 saturated heterocycles. The Morgan fingerprint density at radius 1 is 1.28 bits per heavy atom. The highest BCUT2D eigenvalue weighted by molar-refractivity contribution is 7.12. The number of nitrogens with zero attached hydrogens (tertiary/aromatic N) is 1. The summed E-state index contributed by atoms with van der Waals surface area (Å²) in [5.74, 6) is -1.00. The lowest BCUT2D eigenvalue weighted by molar-refractivity contribution is 0.0516. The summed E-state index contributed by atoms with van der Waals surface area (Å²) < 4.78 is 12.7. The number of oxime groups is 1. The van der Waals surface area contributed by atoms with Crippen molar-refractivity contribution in [3.05, 3.63) is 58.0 Å². The highest BCUT2D eigenvalue weighted by Gasteiger charge is 2.07. The zero-order valence-corrected chi connectivity index (χ0v) is 10.4. The van der Waals surface area contributed by atoms with Gasteiger partial charge >= 0.3 is 5.97 Å². The predicted octanol–water partition coefficient (Wildman–Crippen LogP) is 3.47. The van der Waals surface area contributed by atoms with Crippen molar-refractivity contribution < 1.29 is 14.0 Å². The quantitative estimate of drug-likeness (QED) is 0.483. The molecule has 0 radical (unpaired) electrons. The average Bonchev–Trinajstić information content (AvgIpc) is 2.90. The van der Waals surface area contributed by atoms with E-state index in [1.807, 2.05) is 17.5 Å². The van der Waals surface area contributed by atoms with Crippen molar-refractivity contribution in [3.8, 4) is 0 Å². The lowest BCUT2D eigenvalue weighted by Gasteiger charge is -1.99. The van der Waals surface area contributed by atoms with Crippen LogP contribution in [0.3, 0.4) is 0 Å². The summed E-state index contributed by atoms with van der Waals surface area (Å²) in [6.07, 6.45) is 0. The maximum Gasteiger partial charge on any atom is 0.365 e. The third-order valence-corrected chi connectivity index (χ3v) is 3.20. The van der Waals surface area contributed by atoms with E-state index in [-0.39, 0.29) is 5.56 Å². The van der Waals surface area contributed by atoms with Gasteiger partial charge in [-0.3, -0.25) is 0 Å². The van der Waals surface area contributed by atoms with Gasteiger partial charge in [0.25, 0.3) is 0 Å². The fraction of sp³-hybridized carbons (Fsp3) is 0.0769. The summed E-state index contributed by atoms with van der Waals surface area (Å²) in [5.41, 5.74) is 0.889. The minimum atomic E-state index is -0.606. The first-order valence-electron chi connectivity index (χ1n) is 5.22. The summed E-state index contributed by atoms with van der Waals surface area (Å²) in [6, 6.07) is 8.89. The molecule has 5 heteroatoms. The second-order valence-corrected chi connectivity index (χ2v) is 4.49. The van der Waals surface area contributed by atoms with Gasteiger partial charge in [0.1, 0.15) is 5.82 Å². The van der Waals surface area contributed by atoms with E-state index in [0.717, 1.165) is 4.88 Å². The molecule has 0 N–H and O–H groups in total. The van der Waals surface area contributed by atoms with Crippen LogP contribution in [0.2, 0.25) is 0 Å². The van der Waals surface area contributed by atoms with Gasteiger partial charge in [0.2, 0.25) is 0 Å². The van der Waals surface area contributed by atoms with Gasteiger partial charge in [0, 0.05) is 0 Å². The van der Waals surface area contributed by atoms with E-state index in [1.54, 1.807) is 6.92 Å². The van der Waals surface area contributed by atoms with Crippen molar-refractivity contribution in [2.45, 2.75) is 6.92 Å². The molecule has 3 nitrogen and oxygen atoms in total. The van der Waals surface area contributed by atoms with Crippen LogP contribution in [-0.4, -0.2) is 11.7 Å². The Kier molecular flexibility index (Phi) is 3.84. The second kappa shape index (κ2) is 5.55. The molecule has 0 aliphatic rings. The van der Waals surface area contributed by atoms with Crippen LogP contribution in [0, 0.1) is 5.82 Å². The summed E-state index contributed by atoms with van der Waals surface area (Å²) in [6.45, 7) is 1.75. The molecule has 0 amide bonds. The Hall–Kier alpha value is -2.01. The molecule has 0 aliphatic heterocycles. The van der Waals surface area contributed by atoms with Gasteiger partial charge in [-0.05, 0) is 42.6 Å². The molecule has 1 heterocycles. The molecule has 2 aromatic rings. The minimum absolute atomic E-state index is 0.263. The molecule has 0 bridgehead atoms. The summed E-state index contributed by atoms with van der Waals surface area (Å²) in [7, 11) is 0. The largest absolute Gasteiger partial charge is 0.365 e. The minimum Gasteiger partial charge on any atom is -0.313 e. The van der Waals surface area contributed by atoms with Crippen LogP contribution in [-0.2, 0) is 4.84 Å². The van der Waals surface area contributed by atoms with Crippen molar-refractivity contribution in [2.24, 2.45) is 5.16 Å². The van der Waals surface area contributed by atoms with Crippen LogP contribution in [0.15, 0.2) is 46.9 Å². The van der Waals surface area contributed by atoms with E-state index in [0.29, 0.717) is 5.71 Å². The standard InChI is InChI=1S/C13H10FNO2S/c1-9(12-3-2-8-18-12)15-17-13(16)10-4-6-11(14)7-5-10/h2-8H,1H3. The van der Waals surface area contributed by atoms with Gasteiger partial charge in [-0.25, -0.2) is 9.18 Å². The van der Waals surface area contributed by atoms with Crippen molar-refractivity contribution in [2.75, 3.05) is 0 Å². The molecular formula is C13H10FNO2S. The lowest BCUT2D eigenvalue weighted by Crippen LogP contribution is -2.03. The normalized spacial score (nSPS) is 11.3. The third kappa shape index (κ3) is 3.01. The highest BCUT2D eigenvalue weighted by Crippen LogP contribution is 2.11. The van der Waals surface area contributed by atoms with Crippen LogP contribution in [0.5, 0.6) is 0 Å². The van der Waals surface area contributed by atoms with Gasteiger partial charge in [0.15, 0.2) is 0 Å². The number of carbonyl (C=O) groups is 1. The van der Waals surface area contributed by atoms with Gasteiger partial charge in [-0.15, -0.1) is 11.3 Å². The molecule has 0 aliphatic carbocycles. The zero-order valence-electron chi connectivity index (χ0n) is 9.59. The number of hydrogen-bond donors (Lipinski definition) is 0. The van der Waals surface area contributed by atoms with Crippen LogP contribution < -0.4 is 0 Å². The van der Waals surface area contributed by atoms with Crippen LogP contribution in [0.1, 0.15) is 22.2 Å². The molecular weight excluding hydrogens is 253 g/mol. The van der Waals surface area contributed by atoms with Crippen molar-refractivity contribution in [1.29, 1.82) is 0 Å². The second-order valence-electron chi connectivity index (χ2n) is 3.54. The van der Waals surface area contributed by atoms with E-state index in [9.17, 15) is 9.18 Å². The van der Waals surface area contributed by atoms with E-state index in [2.05, 4.69) is 5.16 Å². The third-order valence-electron chi connectivity index (χ3n) is 2.22. The topological polar surface area (TPSA) is 38.7 Å². The number of carbonyl (C=O) groups excluding carboxylic acids is 1. The Balaban J connectivity index is 2.04. The molecule has 0 atom stereocenters. The lowest BCUT2D eigenvalue weighted by atomic mass is 10.2. The SMILES string of the molecule is CC(=NOC(=O)c1ccc(F)cc1)c1cccs1. The Labute approximate surface area is 108 Å². The van der Waals surface area contributed by atoms with E-state index in [4.69, 9.17) is 4.84 Å². The fourth-order valence-corrected chi connectivity index (χ4v) is 1.95. The molecule has 0 saturated carbocycles. The molecule has 2 rings (SSSR count). The number of hydrogen-bond acceptors (Lipinski definition) is 4. The maximum absolute atomic E-state index is 12.7. The first-order chi connectivity index (χ1) is 8.66. The molecule has 1 aromatic heterocycles. The Morgan fingerprint density at radius 3 is 2.61 bits per heavy atom. The van der Waals surface area contributed by atoms with Crippen LogP contribution >= 0.6 is 11.3 Å². The van der Waals surface area contributed by atoms with Crippen molar-refractivity contribution in [3.63, 3.8) is 0 Å². The highest BCUT2D eigenvalue weighted by atomic mass is 32.1. The molecule has 0 unspecified atom stereocenters. The van der Waals surface area contributed by atoms with Gasteiger partial charge in [0.05, 0.1) is 16.2 Å². The average molecular weight is 263 g/mol. The zero-order chi connectivity index (χ0) is 13.0. The molecule has 92 valence electrons. The monoisotopic (exact) mass is 263 g/mol. The smallest absolute Gasteiger partial charge is 0.313 e. The summed E-state index contributed by atoms with van der Waals surface area (Å²) in [5, 5.41) is 5.66. The predicted molar refractivity (Wildman–Crippen MR) is 68.3 cm³/mol. The Bertz CT molecular complexity index is 561. The summed E-state index contributed by atoms with van der Waals surface area (Å²) >= 11 is 1.51. The van der Waals surface area contributed by atoms with Crippen LogP contribution in [0.4, 0.5) is 4.39 Å². The van der Waals surface area contributed by atoms with Crippen molar-refractivity contribution >= 4 is 23.0 Å². The molecule has 1 aromatic carbocycles. The Morgan fingerprint density at radius 2 is 2.00 bits per heavy atom. The fourth-order valence-electron chi connectivity index (χ4n) is 1.28. The van der Waals surface area contributed by atoms with Crippen LogP contribution in [0.25, 0.3) is 0 Å². The summed E-state index contributed by atoms with van der Waals surface area (Å²) in [4.78, 5) is 17.3. The molecule has 0 spiro atoms. The number of halogens is 1. The molecule has 0 fully saturated rings. The van der Waals surface area contributed by atoms with Crippen molar-refractivity contribution in [1.82, 2.24) is 0 Å². The van der Waals surface area contributed by atoms with Gasteiger partial charge < -0.3 is 4.84 Å². The van der Waals surface area contributed by atoms with E-state index >= 15 is 0 Å². The van der Waals surface area contributed by atoms with Gasteiger partial charge in [-0.2, -0.15) is 0 Å². The first kappa shape index (κ1) is 12.4. The van der Waals surface area contributed by atoms with Gasteiger partial charge in [-0.1, -0.05) is 11.2 Å².